The Labute approximate surface area is 164 Å². The lowest BCUT2D eigenvalue weighted by Crippen LogP contribution is -2.51. The van der Waals surface area contributed by atoms with E-state index in [4.69, 9.17) is 4.74 Å². The second kappa shape index (κ2) is 8.42. The molecule has 0 saturated carbocycles. The molecule has 1 heterocycles. The van der Waals surface area contributed by atoms with E-state index >= 15 is 0 Å². The Morgan fingerprint density at radius 3 is 2.75 bits per heavy atom. The number of nitrogens with zero attached hydrogens (tertiary/aromatic N) is 1. The smallest absolute Gasteiger partial charge is 0.254 e. The normalized spacial score (nSPS) is 19.2. The number of benzene rings is 2. The van der Waals surface area contributed by atoms with Gasteiger partial charge in [-0.25, -0.2) is 4.39 Å². The molecule has 2 aromatic carbocycles. The molecule has 2 amide bonds. The quantitative estimate of drug-likeness (QED) is 0.860. The molecule has 0 aliphatic carbocycles. The highest BCUT2D eigenvalue weighted by molar-refractivity contribution is 5.95. The highest BCUT2D eigenvalue weighted by Crippen LogP contribution is 2.31. The summed E-state index contributed by atoms with van der Waals surface area (Å²) in [5, 5.41) is 2.89. The Bertz CT molecular complexity index is 870. The fourth-order valence-corrected chi connectivity index (χ4v) is 3.58. The van der Waals surface area contributed by atoms with Gasteiger partial charge in [0.25, 0.3) is 5.91 Å². The fraction of sp³-hybridized carbons (Fsp3) is 0.364. The van der Waals surface area contributed by atoms with Crippen LogP contribution < -0.4 is 10.1 Å². The SMILES string of the molecule is COc1cccc(C(=O)N2CCC[C@@](C)(C(=O)NCc3cccc(F)c3)C2)c1. The van der Waals surface area contributed by atoms with Crippen molar-refractivity contribution in [1.82, 2.24) is 10.2 Å². The van der Waals surface area contributed by atoms with Crippen molar-refractivity contribution in [2.24, 2.45) is 5.41 Å². The molecule has 2 aromatic rings. The van der Waals surface area contributed by atoms with Crippen molar-refractivity contribution < 1.29 is 18.7 Å². The van der Waals surface area contributed by atoms with Gasteiger partial charge < -0.3 is 15.0 Å². The molecule has 1 N–H and O–H groups in total. The third-order valence-corrected chi connectivity index (χ3v) is 5.19. The molecule has 3 rings (SSSR count). The number of piperidine rings is 1. The van der Waals surface area contributed by atoms with E-state index in [-0.39, 0.29) is 24.2 Å². The van der Waals surface area contributed by atoms with Crippen molar-refractivity contribution in [2.45, 2.75) is 26.3 Å². The molecular weight excluding hydrogens is 359 g/mol. The maximum absolute atomic E-state index is 13.3. The van der Waals surface area contributed by atoms with Gasteiger partial charge in [-0.2, -0.15) is 0 Å². The Kier molecular flexibility index (Phi) is 5.97. The van der Waals surface area contributed by atoms with Gasteiger partial charge >= 0.3 is 0 Å². The minimum absolute atomic E-state index is 0.109. The number of rotatable bonds is 5. The van der Waals surface area contributed by atoms with Crippen molar-refractivity contribution in [1.29, 1.82) is 0 Å². The van der Waals surface area contributed by atoms with Crippen LogP contribution in [-0.2, 0) is 11.3 Å². The monoisotopic (exact) mass is 384 g/mol. The summed E-state index contributed by atoms with van der Waals surface area (Å²) in [7, 11) is 1.56. The number of hydrogen-bond acceptors (Lipinski definition) is 3. The molecule has 0 spiro atoms. The van der Waals surface area contributed by atoms with Crippen LogP contribution in [0.5, 0.6) is 5.75 Å². The Balaban J connectivity index is 1.66. The van der Waals surface area contributed by atoms with Crippen LogP contribution >= 0.6 is 0 Å². The standard InChI is InChI=1S/C22H25FN2O3/c1-22(21(27)24-14-16-6-3-8-18(23)12-16)10-5-11-25(15-22)20(26)17-7-4-9-19(13-17)28-2/h3-4,6-9,12-13H,5,10-11,14-15H2,1-2H3,(H,24,27)/t22-/m1/s1. The van der Waals surface area contributed by atoms with Crippen LogP contribution in [-0.4, -0.2) is 36.9 Å². The Morgan fingerprint density at radius 1 is 1.21 bits per heavy atom. The van der Waals surface area contributed by atoms with Gasteiger partial charge in [-0.3, -0.25) is 9.59 Å². The van der Waals surface area contributed by atoms with E-state index in [2.05, 4.69) is 5.32 Å². The van der Waals surface area contributed by atoms with Gasteiger partial charge in [0, 0.05) is 25.2 Å². The first-order valence-corrected chi connectivity index (χ1v) is 9.37. The Morgan fingerprint density at radius 2 is 2.00 bits per heavy atom. The summed E-state index contributed by atoms with van der Waals surface area (Å²) in [5.74, 6) is 0.0619. The van der Waals surface area contributed by atoms with Crippen LogP contribution in [0.25, 0.3) is 0 Å². The van der Waals surface area contributed by atoms with Crippen LogP contribution in [0, 0.1) is 11.2 Å². The van der Waals surface area contributed by atoms with Gasteiger partial charge in [-0.1, -0.05) is 18.2 Å². The topological polar surface area (TPSA) is 58.6 Å². The molecule has 1 saturated heterocycles. The number of ether oxygens (including phenoxy) is 1. The van der Waals surface area contributed by atoms with Gasteiger partial charge in [0.1, 0.15) is 11.6 Å². The second-order valence-corrected chi connectivity index (χ2v) is 7.44. The van der Waals surface area contributed by atoms with E-state index in [1.807, 2.05) is 6.92 Å². The van der Waals surface area contributed by atoms with Crippen molar-refractivity contribution >= 4 is 11.8 Å². The highest BCUT2D eigenvalue weighted by atomic mass is 19.1. The lowest BCUT2D eigenvalue weighted by Gasteiger charge is -2.39. The van der Waals surface area contributed by atoms with E-state index in [0.29, 0.717) is 36.4 Å². The number of carbonyl (C=O) groups is 2. The van der Waals surface area contributed by atoms with Gasteiger partial charge in [0.2, 0.25) is 5.91 Å². The average Bonchev–Trinajstić information content (AvgIpc) is 2.71. The maximum Gasteiger partial charge on any atom is 0.254 e. The third kappa shape index (κ3) is 4.50. The number of likely N-dealkylation sites (tertiary alicyclic amines) is 1. The van der Waals surface area contributed by atoms with Crippen LogP contribution in [0.2, 0.25) is 0 Å². The Hall–Kier alpha value is -2.89. The largest absolute Gasteiger partial charge is 0.497 e. The van der Waals surface area contributed by atoms with E-state index in [9.17, 15) is 14.0 Å². The number of hydrogen-bond donors (Lipinski definition) is 1. The van der Waals surface area contributed by atoms with Crippen molar-refractivity contribution in [2.75, 3.05) is 20.2 Å². The molecular formula is C22H25FN2O3. The lowest BCUT2D eigenvalue weighted by atomic mass is 9.80. The van der Waals surface area contributed by atoms with Crippen LogP contribution in [0.4, 0.5) is 4.39 Å². The minimum Gasteiger partial charge on any atom is -0.497 e. The van der Waals surface area contributed by atoms with Gasteiger partial charge in [-0.15, -0.1) is 0 Å². The first-order valence-electron chi connectivity index (χ1n) is 9.37. The summed E-state index contributed by atoms with van der Waals surface area (Å²) in [5.41, 5.74) is 0.570. The summed E-state index contributed by atoms with van der Waals surface area (Å²) in [6.45, 7) is 3.09. The average molecular weight is 384 g/mol. The summed E-state index contributed by atoms with van der Waals surface area (Å²) in [4.78, 5) is 27.4. The number of nitrogens with one attached hydrogen (secondary N) is 1. The lowest BCUT2D eigenvalue weighted by molar-refractivity contribution is -0.132. The minimum atomic E-state index is -0.680. The first kappa shape index (κ1) is 19.9. The number of carbonyl (C=O) groups excluding carboxylic acids is 2. The molecule has 1 atom stereocenters. The van der Waals surface area contributed by atoms with Gasteiger partial charge in [-0.05, 0) is 55.7 Å². The predicted molar refractivity (Wildman–Crippen MR) is 104 cm³/mol. The molecule has 5 nitrogen and oxygen atoms in total. The number of halogens is 1. The summed E-state index contributed by atoms with van der Waals surface area (Å²) >= 11 is 0. The molecule has 28 heavy (non-hydrogen) atoms. The fourth-order valence-electron chi connectivity index (χ4n) is 3.58. The van der Waals surface area contributed by atoms with Crippen LogP contribution in [0.3, 0.4) is 0 Å². The summed E-state index contributed by atoms with van der Waals surface area (Å²) in [6.07, 6.45) is 1.45. The zero-order valence-corrected chi connectivity index (χ0v) is 16.2. The zero-order valence-electron chi connectivity index (χ0n) is 16.2. The first-order chi connectivity index (χ1) is 13.4. The third-order valence-electron chi connectivity index (χ3n) is 5.19. The van der Waals surface area contributed by atoms with Crippen LogP contribution in [0.15, 0.2) is 48.5 Å². The van der Waals surface area contributed by atoms with E-state index in [1.54, 1.807) is 48.4 Å². The number of methoxy groups -OCH3 is 1. The van der Waals surface area contributed by atoms with E-state index in [1.165, 1.54) is 12.1 Å². The van der Waals surface area contributed by atoms with Crippen molar-refractivity contribution in [3.8, 4) is 5.75 Å². The predicted octanol–water partition coefficient (Wildman–Crippen LogP) is 3.39. The van der Waals surface area contributed by atoms with Crippen molar-refractivity contribution in [3.63, 3.8) is 0 Å². The molecule has 1 fully saturated rings. The van der Waals surface area contributed by atoms with Gasteiger partial charge in [0.15, 0.2) is 0 Å². The highest BCUT2D eigenvalue weighted by Gasteiger charge is 2.39. The summed E-state index contributed by atoms with van der Waals surface area (Å²) in [6, 6.07) is 13.2. The van der Waals surface area contributed by atoms with E-state index < -0.39 is 5.41 Å². The van der Waals surface area contributed by atoms with E-state index in [0.717, 1.165) is 6.42 Å². The molecule has 0 radical (unpaired) electrons. The van der Waals surface area contributed by atoms with Crippen molar-refractivity contribution in [3.05, 3.63) is 65.5 Å². The molecule has 0 bridgehead atoms. The maximum atomic E-state index is 13.3. The molecule has 1 aliphatic heterocycles. The van der Waals surface area contributed by atoms with Gasteiger partial charge in [0.05, 0.1) is 12.5 Å². The number of amides is 2. The zero-order chi connectivity index (χ0) is 20.1. The molecule has 1 aliphatic rings. The molecule has 148 valence electrons. The second-order valence-electron chi connectivity index (χ2n) is 7.44. The molecule has 0 unspecified atom stereocenters. The molecule has 6 heteroatoms. The van der Waals surface area contributed by atoms with Crippen LogP contribution in [0.1, 0.15) is 35.7 Å². The summed E-state index contributed by atoms with van der Waals surface area (Å²) < 4.78 is 18.5. The molecule has 0 aromatic heterocycles.